The second-order valence-electron chi connectivity index (χ2n) is 6.06. The van der Waals surface area contributed by atoms with Crippen molar-refractivity contribution in [3.05, 3.63) is 24.0 Å². The number of carbonyl (C=O) groups is 1. The normalized spacial score (nSPS) is 16.2. The molecule has 1 saturated heterocycles. The minimum absolute atomic E-state index is 0.00129. The summed E-state index contributed by atoms with van der Waals surface area (Å²) in [6, 6.07) is 4.96. The van der Waals surface area contributed by atoms with Crippen LogP contribution in [0.4, 0.5) is 15.8 Å². The van der Waals surface area contributed by atoms with Gasteiger partial charge in [-0.25, -0.2) is 9.71 Å². The Morgan fingerprint density at radius 3 is 2.70 bits per heavy atom. The molecule has 2 rings (SSSR count). The lowest BCUT2D eigenvalue weighted by molar-refractivity contribution is -0.120. The van der Waals surface area contributed by atoms with Crippen molar-refractivity contribution in [2.75, 3.05) is 36.4 Å². The largest absolute Gasteiger partial charge is 0.366 e. The molecule has 1 fully saturated rings. The van der Waals surface area contributed by atoms with Gasteiger partial charge >= 0.3 is 0 Å². The molecule has 0 aromatic heterocycles. The summed E-state index contributed by atoms with van der Waals surface area (Å²) in [5.41, 5.74) is 1.13. The minimum atomic E-state index is -0.286. The van der Waals surface area contributed by atoms with E-state index in [9.17, 15) is 9.18 Å². The Hall–Kier alpha value is -1.62. The smallest absolute Gasteiger partial charge is 0.227 e. The molecule has 1 aliphatic rings. The number of halogens is 1. The number of benzene rings is 1. The van der Waals surface area contributed by atoms with E-state index in [1.165, 1.54) is 6.07 Å². The van der Waals surface area contributed by atoms with Crippen LogP contribution in [0.15, 0.2) is 18.2 Å². The lowest BCUT2D eigenvalue weighted by Gasteiger charge is -2.29. The quantitative estimate of drug-likeness (QED) is 0.837. The maximum absolute atomic E-state index is 14.3. The first-order chi connectivity index (χ1) is 11.2. The summed E-state index contributed by atoms with van der Waals surface area (Å²) in [7, 11) is 0. The monoisotopic (exact) mass is 320 g/mol. The van der Waals surface area contributed by atoms with E-state index in [1.807, 2.05) is 11.8 Å². The van der Waals surface area contributed by atoms with Crippen LogP contribution in [0.3, 0.4) is 0 Å². The molecule has 1 heterocycles. The number of nitrogens with one attached hydrogen (secondary N) is 1. The summed E-state index contributed by atoms with van der Waals surface area (Å²) in [6.45, 7) is 7.12. The van der Waals surface area contributed by atoms with Gasteiger partial charge in [0.05, 0.1) is 5.69 Å². The Morgan fingerprint density at radius 2 is 2.09 bits per heavy atom. The molecule has 1 aromatic rings. The van der Waals surface area contributed by atoms with Crippen molar-refractivity contribution in [3.8, 4) is 0 Å². The van der Waals surface area contributed by atoms with Gasteiger partial charge in [-0.15, -0.1) is 0 Å². The van der Waals surface area contributed by atoms with Crippen molar-refractivity contribution in [3.63, 3.8) is 0 Å². The molecule has 0 spiro atoms. The number of unbranched alkanes of at least 4 members (excludes halogenated alkanes) is 1. The fourth-order valence-corrected chi connectivity index (χ4v) is 2.90. The Bertz CT molecular complexity index is 515. The number of hydrogen-bond acceptors (Lipinski definition) is 2. The molecule has 1 amide bonds. The zero-order valence-electron chi connectivity index (χ0n) is 14.1. The van der Waals surface area contributed by atoms with Crippen molar-refractivity contribution in [2.45, 2.75) is 39.5 Å². The molecule has 1 N–H and O–H groups in total. The number of rotatable bonds is 7. The first-order valence-corrected chi connectivity index (χ1v) is 8.64. The third-order valence-corrected chi connectivity index (χ3v) is 4.38. The van der Waals surface area contributed by atoms with E-state index in [1.54, 1.807) is 12.1 Å². The van der Waals surface area contributed by atoms with Crippen LogP contribution >= 0.6 is 0 Å². The highest BCUT2D eigenvalue weighted by Crippen LogP contribution is 2.24. The molecule has 4 nitrogen and oxygen atoms in total. The number of hydrogen-bond donors (Lipinski definition) is 1. The Labute approximate surface area is 138 Å². The lowest BCUT2D eigenvalue weighted by atomic mass is 9.98. The molecule has 5 heteroatoms. The van der Waals surface area contributed by atoms with Gasteiger partial charge in [0, 0.05) is 37.8 Å². The van der Waals surface area contributed by atoms with E-state index >= 15 is 0 Å². The standard InChI is InChI=1S/C18H27FN3O/c1-3-5-6-14(4-2)18(23)21-15-7-8-17(16(19)13-15)22-11-9-20-10-12-22/h7-8,13-14H,3-6,9-12H2,1-2H3,(H,21,23). The highest BCUT2D eigenvalue weighted by Gasteiger charge is 2.18. The summed E-state index contributed by atoms with van der Waals surface area (Å²) in [5, 5.41) is 7.13. The van der Waals surface area contributed by atoms with Crippen LogP contribution in [0.1, 0.15) is 39.5 Å². The van der Waals surface area contributed by atoms with Crippen molar-refractivity contribution in [1.82, 2.24) is 5.32 Å². The Balaban J connectivity index is 2.00. The SMILES string of the molecule is CCCCC(CC)C(=O)Nc1ccc(N2CC[N]CC2)c(F)c1. The molecule has 1 radical (unpaired) electrons. The Morgan fingerprint density at radius 1 is 1.35 bits per heavy atom. The number of amides is 1. The number of nitrogens with zero attached hydrogens (tertiary/aromatic N) is 2. The van der Waals surface area contributed by atoms with Crippen LogP contribution in [0.2, 0.25) is 0 Å². The fourth-order valence-electron chi connectivity index (χ4n) is 2.90. The molecule has 1 aliphatic heterocycles. The molecule has 1 atom stereocenters. The van der Waals surface area contributed by atoms with Gasteiger partial charge in [-0.2, -0.15) is 0 Å². The molecule has 1 aromatic carbocycles. The predicted molar refractivity (Wildman–Crippen MR) is 92.4 cm³/mol. The zero-order valence-corrected chi connectivity index (χ0v) is 14.1. The van der Waals surface area contributed by atoms with Crippen molar-refractivity contribution in [2.24, 2.45) is 5.92 Å². The van der Waals surface area contributed by atoms with Crippen LogP contribution < -0.4 is 15.5 Å². The summed E-state index contributed by atoms with van der Waals surface area (Å²) < 4.78 is 14.3. The molecular formula is C18H27FN3O. The van der Waals surface area contributed by atoms with Crippen LogP contribution in [-0.2, 0) is 4.79 Å². The van der Waals surface area contributed by atoms with Gasteiger partial charge in [0.1, 0.15) is 5.82 Å². The number of piperazine rings is 1. The van der Waals surface area contributed by atoms with Gasteiger partial charge in [-0.05, 0) is 31.0 Å². The van der Waals surface area contributed by atoms with E-state index in [4.69, 9.17) is 0 Å². The molecule has 23 heavy (non-hydrogen) atoms. The maximum atomic E-state index is 14.3. The fraction of sp³-hybridized carbons (Fsp3) is 0.611. The third-order valence-electron chi connectivity index (χ3n) is 4.38. The highest BCUT2D eigenvalue weighted by atomic mass is 19.1. The van der Waals surface area contributed by atoms with Crippen LogP contribution in [0.25, 0.3) is 0 Å². The van der Waals surface area contributed by atoms with Gasteiger partial charge in [-0.1, -0.05) is 26.7 Å². The maximum Gasteiger partial charge on any atom is 0.227 e. The Kier molecular flexibility index (Phi) is 6.84. The minimum Gasteiger partial charge on any atom is -0.366 e. The van der Waals surface area contributed by atoms with Gasteiger partial charge < -0.3 is 10.2 Å². The number of anilines is 2. The van der Waals surface area contributed by atoms with Gasteiger partial charge in [0.25, 0.3) is 0 Å². The van der Waals surface area contributed by atoms with Crippen LogP contribution in [-0.4, -0.2) is 32.1 Å². The van der Waals surface area contributed by atoms with Gasteiger partial charge in [0.15, 0.2) is 0 Å². The second-order valence-corrected chi connectivity index (χ2v) is 6.06. The predicted octanol–water partition coefficient (Wildman–Crippen LogP) is 3.41. The summed E-state index contributed by atoms with van der Waals surface area (Å²) in [5.74, 6) is -0.294. The lowest BCUT2D eigenvalue weighted by Crippen LogP contribution is -2.40. The number of carbonyl (C=O) groups excluding carboxylic acids is 1. The van der Waals surface area contributed by atoms with E-state index in [0.29, 0.717) is 11.4 Å². The molecule has 0 saturated carbocycles. The molecule has 0 aliphatic carbocycles. The second kappa shape index (κ2) is 8.87. The average Bonchev–Trinajstić information content (AvgIpc) is 2.56. The highest BCUT2D eigenvalue weighted by molar-refractivity contribution is 5.92. The van der Waals surface area contributed by atoms with Crippen molar-refractivity contribution >= 4 is 17.3 Å². The first kappa shape index (κ1) is 17.7. The van der Waals surface area contributed by atoms with E-state index in [-0.39, 0.29) is 17.6 Å². The van der Waals surface area contributed by atoms with Crippen LogP contribution in [0, 0.1) is 11.7 Å². The van der Waals surface area contributed by atoms with Gasteiger partial charge in [-0.3, -0.25) is 4.79 Å². The van der Waals surface area contributed by atoms with Gasteiger partial charge in [0.2, 0.25) is 5.91 Å². The molecular weight excluding hydrogens is 293 g/mol. The van der Waals surface area contributed by atoms with Crippen molar-refractivity contribution in [1.29, 1.82) is 0 Å². The van der Waals surface area contributed by atoms with E-state index in [2.05, 4.69) is 17.6 Å². The van der Waals surface area contributed by atoms with E-state index in [0.717, 1.165) is 51.9 Å². The summed E-state index contributed by atoms with van der Waals surface area (Å²) in [4.78, 5) is 14.3. The van der Waals surface area contributed by atoms with Crippen molar-refractivity contribution < 1.29 is 9.18 Å². The average molecular weight is 320 g/mol. The topological polar surface area (TPSA) is 46.4 Å². The van der Waals surface area contributed by atoms with Crippen LogP contribution in [0.5, 0.6) is 0 Å². The summed E-state index contributed by atoms with van der Waals surface area (Å²) >= 11 is 0. The zero-order chi connectivity index (χ0) is 16.7. The van der Waals surface area contributed by atoms with E-state index < -0.39 is 0 Å². The summed E-state index contributed by atoms with van der Waals surface area (Å²) in [6.07, 6.45) is 3.81. The first-order valence-electron chi connectivity index (χ1n) is 8.64. The molecule has 127 valence electrons. The third kappa shape index (κ3) is 4.93. The molecule has 1 unspecified atom stereocenters. The molecule has 0 bridgehead atoms.